The van der Waals surface area contributed by atoms with Crippen molar-refractivity contribution in [2.24, 2.45) is 4.99 Å². The average molecular weight is 313 g/mol. The summed E-state index contributed by atoms with van der Waals surface area (Å²) in [4.78, 5) is 9.12. The molecule has 1 aliphatic carbocycles. The van der Waals surface area contributed by atoms with Crippen LogP contribution in [0.2, 0.25) is 0 Å². The maximum atomic E-state index is 4.80. The normalized spacial score (nSPS) is 18.8. The molecular formula is C13H22N3Nb. The number of aliphatic imine (C=N–C) groups is 1. The Balaban J connectivity index is 3.28. The molecular weight excluding hydrogens is 291 g/mol. The van der Waals surface area contributed by atoms with E-state index in [4.69, 9.17) is 4.99 Å². The van der Waals surface area contributed by atoms with Crippen LogP contribution in [0.4, 0.5) is 0 Å². The molecule has 0 N–H and O–H groups in total. The second kappa shape index (κ2) is 5.01. The SMILES string of the molecule is CN(C)C1=CC(=NC(C)(C)C)[C]([Nb])=C1N(C)C. The van der Waals surface area contributed by atoms with Gasteiger partial charge in [0.05, 0.1) is 0 Å². The molecule has 0 unspecified atom stereocenters. The molecule has 0 aromatic heterocycles. The monoisotopic (exact) mass is 313 g/mol. The molecule has 0 aromatic rings. The molecule has 4 heteroatoms. The fourth-order valence-electron chi connectivity index (χ4n) is 1.74. The molecule has 94 valence electrons. The first-order valence-corrected chi connectivity index (χ1v) is 6.83. The van der Waals surface area contributed by atoms with E-state index in [2.05, 4.69) is 64.8 Å². The van der Waals surface area contributed by atoms with Crippen molar-refractivity contribution in [2.75, 3.05) is 28.2 Å². The van der Waals surface area contributed by atoms with E-state index in [0.717, 1.165) is 5.71 Å². The Kier molecular flexibility index (Phi) is 4.28. The van der Waals surface area contributed by atoms with Crippen LogP contribution in [0.25, 0.3) is 0 Å². The fourth-order valence-corrected chi connectivity index (χ4v) is 2.79. The summed E-state index contributed by atoms with van der Waals surface area (Å²) >= 11 is 1.74. The maximum absolute atomic E-state index is 4.80. The summed E-state index contributed by atoms with van der Waals surface area (Å²) in [6.07, 6.45) is 2.19. The quantitative estimate of drug-likeness (QED) is 0.726. The third-order valence-electron chi connectivity index (χ3n) is 2.37. The third-order valence-corrected chi connectivity index (χ3v) is 3.45. The molecule has 0 aliphatic heterocycles. The first-order valence-electron chi connectivity index (χ1n) is 5.73. The zero-order valence-electron chi connectivity index (χ0n) is 11.9. The van der Waals surface area contributed by atoms with Gasteiger partial charge in [-0.2, -0.15) is 0 Å². The molecule has 17 heavy (non-hydrogen) atoms. The van der Waals surface area contributed by atoms with Gasteiger partial charge in [0.2, 0.25) is 0 Å². The van der Waals surface area contributed by atoms with Crippen molar-refractivity contribution in [3.63, 3.8) is 0 Å². The standard InChI is InChI=1S/C13H22N3.Nb/c1-13(2,3)14-10-8-11(15(4)5)12(9-10)16(6)7;/h8H,1-7H3;. The zero-order valence-corrected chi connectivity index (χ0v) is 14.1. The summed E-state index contributed by atoms with van der Waals surface area (Å²) in [5.41, 5.74) is 3.63. The number of hydrogen-bond acceptors (Lipinski definition) is 3. The number of nitrogens with zero attached hydrogens (tertiary/aromatic N) is 3. The molecule has 0 aromatic carbocycles. The van der Waals surface area contributed by atoms with Gasteiger partial charge in [0.1, 0.15) is 0 Å². The van der Waals surface area contributed by atoms with Gasteiger partial charge in [0.15, 0.2) is 0 Å². The van der Waals surface area contributed by atoms with Crippen LogP contribution in [0.3, 0.4) is 0 Å². The van der Waals surface area contributed by atoms with E-state index in [1.807, 2.05) is 0 Å². The van der Waals surface area contributed by atoms with Gasteiger partial charge in [-0.3, -0.25) is 0 Å². The molecule has 0 fully saturated rings. The van der Waals surface area contributed by atoms with Crippen molar-refractivity contribution in [2.45, 2.75) is 26.3 Å². The number of hydrogen-bond donors (Lipinski definition) is 0. The van der Waals surface area contributed by atoms with E-state index in [1.54, 1.807) is 21.1 Å². The van der Waals surface area contributed by atoms with Crippen LogP contribution in [0.15, 0.2) is 26.3 Å². The van der Waals surface area contributed by atoms with E-state index >= 15 is 0 Å². The predicted octanol–water partition coefficient (Wildman–Crippen LogP) is 2.00. The van der Waals surface area contributed by atoms with Gasteiger partial charge in [-0.15, -0.1) is 0 Å². The minimum absolute atomic E-state index is 0.0274. The second-order valence-electron chi connectivity index (χ2n) is 5.68. The Labute approximate surface area is 117 Å². The fraction of sp³-hybridized carbons (Fsp3) is 0.615. The number of likely N-dealkylation sites (N-methyl/N-ethyl adjacent to an activating group) is 2. The first kappa shape index (κ1) is 14.6. The average Bonchev–Trinajstić information content (AvgIpc) is 2.41. The Morgan fingerprint density at radius 2 is 1.59 bits per heavy atom. The summed E-state index contributed by atoms with van der Waals surface area (Å²) < 4.78 is 1.31. The molecule has 0 atom stereocenters. The van der Waals surface area contributed by atoms with Gasteiger partial charge < -0.3 is 0 Å². The molecule has 0 amide bonds. The van der Waals surface area contributed by atoms with Gasteiger partial charge in [0.25, 0.3) is 0 Å². The van der Waals surface area contributed by atoms with E-state index in [1.165, 1.54) is 15.2 Å². The van der Waals surface area contributed by atoms with Crippen LogP contribution in [0, 0.1) is 0 Å². The zero-order chi connectivity index (χ0) is 13.4. The Morgan fingerprint density at radius 3 is 1.88 bits per heavy atom. The third kappa shape index (κ3) is 3.47. The Morgan fingerprint density at radius 1 is 1.06 bits per heavy atom. The second-order valence-corrected chi connectivity index (χ2v) is 6.78. The molecule has 0 radical (unpaired) electrons. The van der Waals surface area contributed by atoms with Gasteiger partial charge in [-0.25, -0.2) is 0 Å². The van der Waals surface area contributed by atoms with Gasteiger partial charge >= 0.3 is 117 Å². The molecule has 0 saturated carbocycles. The van der Waals surface area contributed by atoms with Crippen molar-refractivity contribution in [3.05, 3.63) is 21.3 Å². The predicted molar refractivity (Wildman–Crippen MR) is 69.7 cm³/mol. The summed E-state index contributed by atoms with van der Waals surface area (Å²) in [6, 6.07) is 0. The van der Waals surface area contributed by atoms with Gasteiger partial charge in [0, 0.05) is 0 Å². The van der Waals surface area contributed by atoms with Crippen LogP contribution >= 0.6 is 0 Å². The number of allylic oxidation sites excluding steroid dienone is 2. The van der Waals surface area contributed by atoms with Crippen LogP contribution in [-0.4, -0.2) is 49.2 Å². The summed E-state index contributed by atoms with van der Waals surface area (Å²) in [7, 11) is 8.33. The van der Waals surface area contributed by atoms with Crippen molar-refractivity contribution in [1.29, 1.82) is 0 Å². The van der Waals surface area contributed by atoms with Gasteiger partial charge in [-0.05, 0) is 0 Å². The minimum atomic E-state index is -0.0274. The molecule has 1 aliphatic rings. The number of rotatable bonds is 2. The molecule has 0 heterocycles. The summed E-state index contributed by atoms with van der Waals surface area (Å²) in [5.74, 6) is 0. The Hall–Kier alpha value is -0.510. The van der Waals surface area contributed by atoms with Crippen molar-refractivity contribution < 1.29 is 21.1 Å². The Bertz CT molecular complexity index is 395. The van der Waals surface area contributed by atoms with E-state index < -0.39 is 0 Å². The summed E-state index contributed by atoms with van der Waals surface area (Å²) in [6.45, 7) is 6.40. The molecule has 3 nitrogen and oxygen atoms in total. The van der Waals surface area contributed by atoms with E-state index in [0.29, 0.717) is 0 Å². The van der Waals surface area contributed by atoms with Crippen molar-refractivity contribution in [3.8, 4) is 0 Å². The van der Waals surface area contributed by atoms with E-state index in [9.17, 15) is 0 Å². The molecule has 0 spiro atoms. The molecule has 1 rings (SSSR count). The van der Waals surface area contributed by atoms with Crippen LogP contribution < -0.4 is 0 Å². The van der Waals surface area contributed by atoms with Crippen molar-refractivity contribution in [1.82, 2.24) is 9.80 Å². The van der Waals surface area contributed by atoms with Crippen LogP contribution in [0.1, 0.15) is 20.8 Å². The molecule has 0 bridgehead atoms. The van der Waals surface area contributed by atoms with Crippen LogP contribution in [0.5, 0.6) is 0 Å². The molecule has 0 saturated heterocycles. The van der Waals surface area contributed by atoms with Crippen LogP contribution in [-0.2, 0) is 21.1 Å². The van der Waals surface area contributed by atoms with E-state index in [-0.39, 0.29) is 5.54 Å². The first-order chi connectivity index (χ1) is 7.63. The summed E-state index contributed by atoms with van der Waals surface area (Å²) in [5, 5.41) is 0. The van der Waals surface area contributed by atoms with Gasteiger partial charge in [-0.1, -0.05) is 0 Å². The van der Waals surface area contributed by atoms with Crippen molar-refractivity contribution >= 4 is 5.71 Å². The topological polar surface area (TPSA) is 18.8 Å².